The van der Waals surface area contributed by atoms with Crippen molar-refractivity contribution in [3.8, 4) is 0 Å². The molecule has 1 nitrogen and oxygen atoms in total. The van der Waals surface area contributed by atoms with Crippen LogP contribution in [0.15, 0.2) is 0 Å². The van der Waals surface area contributed by atoms with Crippen molar-refractivity contribution in [1.29, 1.82) is 0 Å². The molecule has 0 aromatic rings. The first-order chi connectivity index (χ1) is 2.41. The first-order valence-corrected chi connectivity index (χ1v) is 1.99. The van der Waals surface area contributed by atoms with Crippen LogP contribution in [-0.2, 0) is 4.57 Å². The van der Waals surface area contributed by atoms with Gasteiger partial charge in [-0.15, -0.1) is 0 Å². The summed E-state index contributed by atoms with van der Waals surface area (Å²) in [6.07, 6.45) is 0. The maximum atomic E-state index is 4.83. The first kappa shape index (κ1) is 5.09. The van der Waals surface area contributed by atoms with E-state index in [9.17, 15) is 0 Å². The van der Waals surface area contributed by atoms with Crippen molar-refractivity contribution in [3.05, 3.63) is 0 Å². The zero-order valence-corrected chi connectivity index (χ0v) is 3.82. The van der Waals surface area contributed by atoms with Crippen LogP contribution >= 0.6 is 0 Å². The highest BCUT2D eigenvalue weighted by Gasteiger charge is 1.72. The van der Waals surface area contributed by atoms with Crippen molar-refractivity contribution >= 4 is 15.0 Å². The largest absolute Gasteiger partial charge is 0.504 e. The van der Waals surface area contributed by atoms with E-state index in [0.29, 0.717) is 0 Å². The predicted molar refractivity (Wildman–Crippen MR) is 27.1 cm³/mol. The van der Waals surface area contributed by atoms with Crippen molar-refractivity contribution < 1.29 is 4.57 Å². The zero-order chi connectivity index (χ0) is 4.12. The van der Waals surface area contributed by atoms with Crippen molar-refractivity contribution in [2.75, 3.05) is 0 Å². The summed E-state index contributed by atoms with van der Waals surface area (Å²) in [4.78, 5) is 0. The molecule has 0 spiro atoms. The van der Waals surface area contributed by atoms with Crippen LogP contribution in [0.3, 0.4) is 0 Å². The summed E-state index contributed by atoms with van der Waals surface area (Å²) in [6, 6.07) is 0. The SMILES string of the molecule is CBOBC. The second kappa shape index (κ2) is 4.09. The quantitative estimate of drug-likeness (QED) is 0.408. The minimum atomic E-state index is 0.844. The maximum Gasteiger partial charge on any atom is 0.253 e. The third kappa shape index (κ3) is 4.09. The van der Waals surface area contributed by atoms with Crippen molar-refractivity contribution in [3.63, 3.8) is 0 Å². The molecular formula is C2H8B2O. The van der Waals surface area contributed by atoms with Gasteiger partial charge in [0.05, 0.1) is 0 Å². The lowest BCUT2D eigenvalue weighted by Crippen LogP contribution is -1.92. The molecule has 0 bridgehead atoms. The molecule has 0 saturated carbocycles. The van der Waals surface area contributed by atoms with Gasteiger partial charge < -0.3 is 4.57 Å². The van der Waals surface area contributed by atoms with Gasteiger partial charge in [-0.1, -0.05) is 13.6 Å². The van der Waals surface area contributed by atoms with Gasteiger partial charge in [-0.05, 0) is 0 Å². The number of rotatable bonds is 2. The van der Waals surface area contributed by atoms with Crippen LogP contribution in [0.1, 0.15) is 0 Å². The van der Waals surface area contributed by atoms with Gasteiger partial charge in [0, 0.05) is 0 Å². The van der Waals surface area contributed by atoms with E-state index in [1.165, 1.54) is 0 Å². The Labute approximate surface area is 34.3 Å². The Morgan fingerprint density at radius 1 is 1.20 bits per heavy atom. The monoisotopic (exact) mass is 70.1 g/mol. The molecule has 0 rings (SSSR count). The van der Waals surface area contributed by atoms with Crippen LogP contribution in [0.4, 0.5) is 0 Å². The Balaban J connectivity index is 2.19. The zero-order valence-electron chi connectivity index (χ0n) is 3.82. The molecule has 0 aliphatic carbocycles. The lowest BCUT2D eigenvalue weighted by molar-refractivity contribution is 0.652. The second-order valence-electron chi connectivity index (χ2n) is 0.781. The van der Waals surface area contributed by atoms with Crippen LogP contribution in [-0.4, -0.2) is 15.0 Å². The summed E-state index contributed by atoms with van der Waals surface area (Å²) < 4.78 is 4.83. The average molecular weight is 69.7 g/mol. The molecule has 0 N–H and O–H groups in total. The van der Waals surface area contributed by atoms with Crippen LogP contribution < -0.4 is 0 Å². The summed E-state index contributed by atoms with van der Waals surface area (Å²) in [5, 5.41) is 0. The Bertz CT molecular complexity index is 15.1. The van der Waals surface area contributed by atoms with Crippen molar-refractivity contribution in [2.24, 2.45) is 0 Å². The molecule has 28 valence electrons. The minimum Gasteiger partial charge on any atom is -0.504 e. The van der Waals surface area contributed by atoms with Gasteiger partial charge in [0.15, 0.2) is 0 Å². The van der Waals surface area contributed by atoms with E-state index in [-0.39, 0.29) is 0 Å². The number of hydrogen-bond donors (Lipinski definition) is 0. The van der Waals surface area contributed by atoms with E-state index in [1.54, 1.807) is 0 Å². The molecule has 0 aliphatic rings. The summed E-state index contributed by atoms with van der Waals surface area (Å²) in [5.74, 6) is 0. The highest BCUT2D eigenvalue weighted by atomic mass is 16.4. The van der Waals surface area contributed by atoms with E-state index in [0.717, 1.165) is 15.0 Å². The molecule has 0 heterocycles. The molecule has 0 fully saturated rings. The van der Waals surface area contributed by atoms with Gasteiger partial charge in [-0.25, -0.2) is 0 Å². The Morgan fingerprint density at radius 2 is 1.60 bits per heavy atom. The lowest BCUT2D eigenvalue weighted by atomic mass is 9.99. The predicted octanol–water partition coefficient (Wildman–Crippen LogP) is -0.198. The topological polar surface area (TPSA) is 9.23 Å². The van der Waals surface area contributed by atoms with Crippen molar-refractivity contribution in [1.82, 2.24) is 0 Å². The van der Waals surface area contributed by atoms with E-state index in [2.05, 4.69) is 0 Å². The standard InChI is InChI=1S/C2H8B2O/c1-3-5-4-2/h3-4H,1-2H3. The summed E-state index contributed by atoms with van der Waals surface area (Å²) in [5.41, 5.74) is 0. The average Bonchev–Trinajstić information content (AvgIpc) is 1.41. The smallest absolute Gasteiger partial charge is 0.253 e. The highest BCUT2D eigenvalue weighted by Crippen LogP contribution is 1.58. The Kier molecular flexibility index (Phi) is 4.16. The molecule has 0 radical (unpaired) electrons. The molecule has 3 heteroatoms. The molecule has 0 aromatic heterocycles. The molecule has 0 amide bonds. The molecule has 0 aliphatic heterocycles. The fourth-order valence-corrected chi connectivity index (χ4v) is 0.204. The highest BCUT2D eigenvalue weighted by molar-refractivity contribution is 6.40. The van der Waals surface area contributed by atoms with Gasteiger partial charge in [0.25, 0.3) is 15.0 Å². The normalized spacial score (nSPS) is 6.80. The molecular weight excluding hydrogens is 61.6 g/mol. The molecule has 5 heavy (non-hydrogen) atoms. The minimum absolute atomic E-state index is 0.844. The van der Waals surface area contributed by atoms with Gasteiger partial charge in [-0.2, -0.15) is 0 Å². The van der Waals surface area contributed by atoms with E-state index >= 15 is 0 Å². The summed E-state index contributed by atoms with van der Waals surface area (Å²) in [7, 11) is 1.69. The van der Waals surface area contributed by atoms with Crippen LogP contribution in [0, 0.1) is 0 Å². The molecule has 0 unspecified atom stereocenters. The molecule has 0 atom stereocenters. The Hall–Kier alpha value is 0.0899. The fourth-order valence-electron chi connectivity index (χ4n) is 0.204. The summed E-state index contributed by atoms with van der Waals surface area (Å²) >= 11 is 0. The van der Waals surface area contributed by atoms with Crippen LogP contribution in [0.2, 0.25) is 13.6 Å². The van der Waals surface area contributed by atoms with Gasteiger partial charge in [-0.3, -0.25) is 0 Å². The third-order valence-corrected chi connectivity index (χ3v) is 0.408. The van der Waals surface area contributed by atoms with E-state index < -0.39 is 0 Å². The van der Waals surface area contributed by atoms with E-state index in [4.69, 9.17) is 4.57 Å². The van der Waals surface area contributed by atoms with Gasteiger partial charge >= 0.3 is 0 Å². The van der Waals surface area contributed by atoms with E-state index in [1.807, 2.05) is 13.6 Å². The van der Waals surface area contributed by atoms with Crippen LogP contribution in [0.5, 0.6) is 0 Å². The lowest BCUT2D eigenvalue weighted by Gasteiger charge is -1.83. The van der Waals surface area contributed by atoms with Gasteiger partial charge in [0.1, 0.15) is 0 Å². The summed E-state index contributed by atoms with van der Waals surface area (Å²) in [6.45, 7) is 3.98. The second-order valence-corrected chi connectivity index (χ2v) is 0.781. The maximum absolute atomic E-state index is 4.83. The van der Waals surface area contributed by atoms with Gasteiger partial charge in [0.2, 0.25) is 0 Å². The molecule has 0 aromatic carbocycles. The first-order valence-electron chi connectivity index (χ1n) is 1.99. The molecule has 0 saturated heterocycles. The van der Waals surface area contributed by atoms with Crippen molar-refractivity contribution in [2.45, 2.75) is 13.6 Å². The number of hydrogen-bond acceptors (Lipinski definition) is 1. The fraction of sp³-hybridized carbons (Fsp3) is 1.00. The van der Waals surface area contributed by atoms with Crippen LogP contribution in [0.25, 0.3) is 0 Å². The third-order valence-electron chi connectivity index (χ3n) is 0.408. The Morgan fingerprint density at radius 3 is 1.60 bits per heavy atom.